The summed E-state index contributed by atoms with van der Waals surface area (Å²) >= 11 is 7.84. The Balaban J connectivity index is 2.01. The number of rotatable bonds is 7. The van der Waals surface area contributed by atoms with Gasteiger partial charge in [0.2, 0.25) is 0 Å². The lowest BCUT2D eigenvalue weighted by Crippen LogP contribution is -2.24. The van der Waals surface area contributed by atoms with Gasteiger partial charge < -0.3 is 5.32 Å². The summed E-state index contributed by atoms with van der Waals surface area (Å²) in [7, 11) is 0. The van der Waals surface area contributed by atoms with Gasteiger partial charge in [0, 0.05) is 34.1 Å². The molecule has 20 heavy (non-hydrogen) atoms. The standard InChI is InChI=1S/C16H19ClN2S/c1-2-8-19-16(13-5-4-9-18-11-13)12-20-15-7-3-6-14(17)10-15/h3-7,9-11,16,19H,2,8,12H2,1H3. The van der Waals surface area contributed by atoms with Gasteiger partial charge >= 0.3 is 0 Å². The molecule has 1 unspecified atom stereocenters. The first-order valence-electron chi connectivity index (χ1n) is 6.81. The van der Waals surface area contributed by atoms with Crippen molar-refractivity contribution in [3.8, 4) is 0 Å². The van der Waals surface area contributed by atoms with E-state index in [0.29, 0.717) is 6.04 Å². The van der Waals surface area contributed by atoms with Gasteiger partial charge in [-0.15, -0.1) is 11.8 Å². The molecular formula is C16H19ClN2S. The van der Waals surface area contributed by atoms with Crippen LogP contribution in [-0.4, -0.2) is 17.3 Å². The van der Waals surface area contributed by atoms with Gasteiger partial charge in [0.1, 0.15) is 0 Å². The number of benzene rings is 1. The van der Waals surface area contributed by atoms with Crippen molar-refractivity contribution in [3.63, 3.8) is 0 Å². The van der Waals surface area contributed by atoms with Crippen molar-refractivity contribution in [3.05, 3.63) is 59.4 Å². The number of pyridine rings is 1. The minimum Gasteiger partial charge on any atom is -0.309 e. The van der Waals surface area contributed by atoms with E-state index in [0.717, 1.165) is 23.7 Å². The number of nitrogens with one attached hydrogen (secondary N) is 1. The molecule has 0 saturated heterocycles. The van der Waals surface area contributed by atoms with E-state index >= 15 is 0 Å². The summed E-state index contributed by atoms with van der Waals surface area (Å²) < 4.78 is 0. The van der Waals surface area contributed by atoms with E-state index in [9.17, 15) is 0 Å². The summed E-state index contributed by atoms with van der Waals surface area (Å²) in [6, 6.07) is 12.4. The second kappa shape index (κ2) is 8.30. The quantitative estimate of drug-likeness (QED) is 0.759. The molecule has 1 atom stereocenters. The summed E-state index contributed by atoms with van der Waals surface area (Å²) in [6.45, 7) is 3.19. The Bertz CT molecular complexity index is 519. The lowest BCUT2D eigenvalue weighted by Gasteiger charge is -2.18. The molecule has 1 N–H and O–H groups in total. The monoisotopic (exact) mass is 306 g/mol. The van der Waals surface area contributed by atoms with Crippen LogP contribution in [0.15, 0.2) is 53.7 Å². The Labute approximate surface area is 130 Å². The van der Waals surface area contributed by atoms with Gasteiger partial charge in [-0.1, -0.05) is 30.7 Å². The molecule has 0 bridgehead atoms. The third kappa shape index (κ3) is 4.82. The molecule has 2 nitrogen and oxygen atoms in total. The summed E-state index contributed by atoms with van der Waals surface area (Å²) in [5.74, 6) is 0.964. The van der Waals surface area contributed by atoms with E-state index in [2.05, 4.69) is 29.4 Å². The third-order valence-corrected chi connectivity index (χ3v) is 4.26. The minimum absolute atomic E-state index is 0.313. The molecule has 4 heteroatoms. The second-order valence-corrected chi connectivity index (χ2v) is 6.09. The highest BCUT2D eigenvalue weighted by molar-refractivity contribution is 7.99. The lowest BCUT2D eigenvalue weighted by atomic mass is 10.1. The highest BCUT2D eigenvalue weighted by atomic mass is 35.5. The van der Waals surface area contributed by atoms with Crippen LogP contribution in [0.25, 0.3) is 0 Å². The Kier molecular flexibility index (Phi) is 6.37. The van der Waals surface area contributed by atoms with Crippen molar-refractivity contribution < 1.29 is 0 Å². The summed E-state index contributed by atoms with van der Waals surface area (Å²) in [5.41, 5.74) is 1.23. The fourth-order valence-electron chi connectivity index (χ4n) is 1.91. The van der Waals surface area contributed by atoms with Crippen molar-refractivity contribution >= 4 is 23.4 Å². The van der Waals surface area contributed by atoms with Crippen LogP contribution >= 0.6 is 23.4 Å². The number of nitrogens with zero attached hydrogens (tertiary/aromatic N) is 1. The van der Waals surface area contributed by atoms with Gasteiger partial charge in [-0.3, -0.25) is 4.98 Å². The second-order valence-electron chi connectivity index (χ2n) is 4.56. The molecule has 0 radical (unpaired) electrons. The molecule has 2 rings (SSSR count). The van der Waals surface area contributed by atoms with Gasteiger partial charge in [-0.2, -0.15) is 0 Å². The number of hydrogen-bond donors (Lipinski definition) is 1. The van der Waals surface area contributed by atoms with E-state index in [1.54, 1.807) is 0 Å². The third-order valence-electron chi connectivity index (χ3n) is 2.94. The van der Waals surface area contributed by atoms with Crippen LogP contribution in [0, 0.1) is 0 Å². The molecule has 1 aromatic heterocycles. The Hall–Kier alpha value is -1.03. The first kappa shape index (κ1) is 15.4. The van der Waals surface area contributed by atoms with Crippen LogP contribution in [-0.2, 0) is 0 Å². The maximum Gasteiger partial charge on any atom is 0.0430 e. The van der Waals surface area contributed by atoms with Crippen molar-refractivity contribution in [1.29, 1.82) is 0 Å². The molecular weight excluding hydrogens is 288 g/mol. The normalized spacial score (nSPS) is 12.3. The molecule has 106 valence electrons. The topological polar surface area (TPSA) is 24.9 Å². The number of halogens is 1. The van der Waals surface area contributed by atoms with E-state index in [-0.39, 0.29) is 0 Å². The predicted molar refractivity (Wildman–Crippen MR) is 87.4 cm³/mol. The Morgan fingerprint density at radius 1 is 1.30 bits per heavy atom. The number of aromatic nitrogens is 1. The van der Waals surface area contributed by atoms with Crippen molar-refractivity contribution in [2.45, 2.75) is 24.3 Å². The molecule has 0 aliphatic rings. The van der Waals surface area contributed by atoms with E-state index in [1.807, 2.05) is 48.4 Å². The van der Waals surface area contributed by atoms with Crippen LogP contribution in [0.1, 0.15) is 24.9 Å². The molecule has 0 aliphatic carbocycles. The van der Waals surface area contributed by atoms with Crippen LogP contribution in [0.5, 0.6) is 0 Å². The smallest absolute Gasteiger partial charge is 0.0430 e. The lowest BCUT2D eigenvalue weighted by molar-refractivity contribution is 0.576. The number of thioether (sulfide) groups is 1. The molecule has 2 aromatic rings. The van der Waals surface area contributed by atoms with Crippen molar-refractivity contribution in [2.24, 2.45) is 0 Å². The van der Waals surface area contributed by atoms with Crippen LogP contribution < -0.4 is 5.32 Å². The molecule has 1 aromatic carbocycles. The predicted octanol–water partition coefficient (Wildman–Crippen LogP) is 4.57. The SMILES string of the molecule is CCCNC(CSc1cccc(Cl)c1)c1cccnc1. The molecule has 0 fully saturated rings. The van der Waals surface area contributed by atoms with Crippen LogP contribution in [0.3, 0.4) is 0 Å². The largest absolute Gasteiger partial charge is 0.309 e. The average molecular weight is 307 g/mol. The van der Waals surface area contributed by atoms with Gasteiger partial charge in [-0.25, -0.2) is 0 Å². The molecule has 0 aliphatic heterocycles. The highest BCUT2D eigenvalue weighted by Crippen LogP contribution is 2.26. The van der Waals surface area contributed by atoms with E-state index in [1.165, 1.54) is 10.5 Å². The zero-order valence-corrected chi connectivity index (χ0v) is 13.1. The summed E-state index contributed by atoms with van der Waals surface area (Å²) in [4.78, 5) is 5.41. The van der Waals surface area contributed by atoms with Crippen molar-refractivity contribution in [1.82, 2.24) is 10.3 Å². The van der Waals surface area contributed by atoms with E-state index in [4.69, 9.17) is 11.6 Å². The zero-order chi connectivity index (χ0) is 14.2. The molecule has 0 amide bonds. The maximum absolute atomic E-state index is 6.02. The Morgan fingerprint density at radius 3 is 2.90 bits per heavy atom. The van der Waals surface area contributed by atoms with Gasteiger partial charge in [0.05, 0.1) is 0 Å². The van der Waals surface area contributed by atoms with Crippen LogP contribution in [0.2, 0.25) is 5.02 Å². The fraction of sp³-hybridized carbons (Fsp3) is 0.312. The van der Waals surface area contributed by atoms with E-state index < -0.39 is 0 Å². The molecule has 0 spiro atoms. The fourth-order valence-corrected chi connectivity index (χ4v) is 3.22. The molecule has 0 saturated carbocycles. The summed E-state index contributed by atoms with van der Waals surface area (Å²) in [6.07, 6.45) is 4.87. The molecule has 1 heterocycles. The van der Waals surface area contributed by atoms with Gasteiger partial charge in [0.25, 0.3) is 0 Å². The van der Waals surface area contributed by atoms with Gasteiger partial charge in [0.15, 0.2) is 0 Å². The first-order chi connectivity index (χ1) is 9.79. The van der Waals surface area contributed by atoms with Gasteiger partial charge in [-0.05, 0) is 42.8 Å². The number of hydrogen-bond acceptors (Lipinski definition) is 3. The maximum atomic E-state index is 6.02. The first-order valence-corrected chi connectivity index (χ1v) is 8.17. The Morgan fingerprint density at radius 2 is 2.20 bits per heavy atom. The zero-order valence-electron chi connectivity index (χ0n) is 11.6. The summed E-state index contributed by atoms with van der Waals surface area (Å²) in [5, 5.41) is 4.36. The average Bonchev–Trinajstić information content (AvgIpc) is 2.48. The van der Waals surface area contributed by atoms with Crippen LogP contribution in [0.4, 0.5) is 0 Å². The minimum atomic E-state index is 0.313. The highest BCUT2D eigenvalue weighted by Gasteiger charge is 2.11. The van der Waals surface area contributed by atoms with Crippen molar-refractivity contribution in [2.75, 3.05) is 12.3 Å².